The molecule has 28 heavy (non-hydrogen) atoms. The Hall–Kier alpha value is -3.12. The number of amides is 1. The highest BCUT2D eigenvalue weighted by atomic mass is 16.4. The first-order chi connectivity index (χ1) is 13.3. The molecule has 0 bridgehead atoms. The van der Waals surface area contributed by atoms with Crippen molar-refractivity contribution in [3.63, 3.8) is 0 Å². The lowest BCUT2D eigenvalue weighted by Crippen LogP contribution is -2.34. The van der Waals surface area contributed by atoms with E-state index in [1.807, 2.05) is 56.3 Å². The molecule has 0 unspecified atom stereocenters. The molecule has 3 aromatic rings. The zero-order chi connectivity index (χ0) is 20.4. The standard InChI is InChI=1S/C22H25N3O3/c1-14(2)13-25-20(24(3)22(27)28)19(16-7-5-4-6-8-16)18-11-15(12-23)9-10-17(18)21(25)26/h4-11,14H,12-13,23H2,1-3H3,(H,27,28). The second kappa shape index (κ2) is 7.86. The highest BCUT2D eigenvalue weighted by molar-refractivity contribution is 6.04. The predicted molar refractivity (Wildman–Crippen MR) is 113 cm³/mol. The van der Waals surface area contributed by atoms with E-state index in [1.54, 1.807) is 10.6 Å². The van der Waals surface area contributed by atoms with Crippen molar-refractivity contribution in [3.05, 3.63) is 64.4 Å². The molecule has 2 aromatic carbocycles. The third-order valence-corrected chi connectivity index (χ3v) is 4.76. The Morgan fingerprint density at radius 2 is 1.82 bits per heavy atom. The van der Waals surface area contributed by atoms with Crippen LogP contribution in [0.3, 0.4) is 0 Å². The van der Waals surface area contributed by atoms with Crippen molar-refractivity contribution in [1.29, 1.82) is 0 Å². The van der Waals surface area contributed by atoms with Gasteiger partial charge in [-0.25, -0.2) is 4.79 Å². The van der Waals surface area contributed by atoms with Crippen molar-refractivity contribution in [3.8, 4) is 11.1 Å². The van der Waals surface area contributed by atoms with E-state index in [9.17, 15) is 14.7 Å². The van der Waals surface area contributed by atoms with E-state index in [0.29, 0.717) is 29.7 Å². The number of hydrogen-bond acceptors (Lipinski definition) is 3. The highest BCUT2D eigenvalue weighted by Crippen LogP contribution is 2.36. The van der Waals surface area contributed by atoms with Crippen LogP contribution in [-0.4, -0.2) is 22.8 Å². The van der Waals surface area contributed by atoms with Crippen LogP contribution in [0.5, 0.6) is 0 Å². The Kier molecular flexibility index (Phi) is 5.51. The second-order valence-corrected chi connectivity index (χ2v) is 7.30. The van der Waals surface area contributed by atoms with Gasteiger partial charge in [-0.15, -0.1) is 0 Å². The van der Waals surface area contributed by atoms with Crippen LogP contribution >= 0.6 is 0 Å². The van der Waals surface area contributed by atoms with E-state index in [1.165, 1.54) is 7.05 Å². The molecule has 0 aliphatic rings. The van der Waals surface area contributed by atoms with Crippen molar-refractivity contribution in [2.24, 2.45) is 11.7 Å². The van der Waals surface area contributed by atoms with E-state index < -0.39 is 6.09 Å². The van der Waals surface area contributed by atoms with Gasteiger partial charge >= 0.3 is 6.09 Å². The zero-order valence-corrected chi connectivity index (χ0v) is 16.3. The van der Waals surface area contributed by atoms with Gasteiger partial charge in [-0.2, -0.15) is 0 Å². The van der Waals surface area contributed by atoms with Crippen molar-refractivity contribution in [1.82, 2.24) is 4.57 Å². The largest absolute Gasteiger partial charge is 0.465 e. The normalized spacial score (nSPS) is 11.2. The minimum absolute atomic E-state index is 0.169. The lowest BCUT2D eigenvalue weighted by atomic mass is 9.96. The Morgan fingerprint density at radius 1 is 1.14 bits per heavy atom. The van der Waals surface area contributed by atoms with Crippen LogP contribution in [0.4, 0.5) is 10.6 Å². The summed E-state index contributed by atoms with van der Waals surface area (Å²) in [5.41, 5.74) is 8.07. The maximum Gasteiger partial charge on any atom is 0.412 e. The SMILES string of the molecule is CC(C)Cn1c(N(C)C(=O)O)c(-c2ccccc2)c2cc(CN)ccc2c1=O. The van der Waals surface area contributed by atoms with Gasteiger partial charge in [-0.05, 0) is 34.6 Å². The molecule has 0 radical (unpaired) electrons. The minimum atomic E-state index is -1.12. The molecule has 0 saturated heterocycles. The maximum absolute atomic E-state index is 13.3. The fourth-order valence-corrected chi connectivity index (χ4v) is 3.47. The summed E-state index contributed by atoms with van der Waals surface area (Å²) >= 11 is 0. The molecule has 146 valence electrons. The lowest BCUT2D eigenvalue weighted by molar-refractivity contribution is 0.203. The van der Waals surface area contributed by atoms with E-state index in [2.05, 4.69) is 0 Å². The third kappa shape index (κ3) is 3.51. The summed E-state index contributed by atoms with van der Waals surface area (Å²) in [5, 5.41) is 11.0. The van der Waals surface area contributed by atoms with Crippen LogP contribution < -0.4 is 16.2 Å². The number of rotatable bonds is 5. The number of pyridine rings is 1. The molecule has 0 spiro atoms. The molecule has 3 N–H and O–H groups in total. The fourth-order valence-electron chi connectivity index (χ4n) is 3.47. The fraction of sp³-hybridized carbons (Fsp3) is 0.273. The molecule has 1 aromatic heterocycles. The number of hydrogen-bond donors (Lipinski definition) is 2. The van der Waals surface area contributed by atoms with Crippen molar-refractivity contribution >= 4 is 22.7 Å². The molecule has 0 atom stereocenters. The first kappa shape index (κ1) is 19.6. The molecule has 0 aliphatic heterocycles. The Labute approximate surface area is 163 Å². The lowest BCUT2D eigenvalue weighted by Gasteiger charge is -2.26. The van der Waals surface area contributed by atoms with Gasteiger partial charge in [0.05, 0.1) is 0 Å². The summed E-state index contributed by atoms with van der Waals surface area (Å²) in [6, 6.07) is 15.1. The number of nitrogens with zero attached hydrogens (tertiary/aromatic N) is 2. The molecule has 6 nitrogen and oxygen atoms in total. The Balaban J connectivity index is 2.55. The summed E-state index contributed by atoms with van der Waals surface area (Å²) in [6.45, 7) is 4.76. The maximum atomic E-state index is 13.3. The monoisotopic (exact) mass is 379 g/mol. The molecule has 0 aliphatic carbocycles. The number of nitrogens with two attached hydrogens (primary N) is 1. The number of carboxylic acid groups (broad SMARTS) is 1. The molecule has 0 saturated carbocycles. The van der Waals surface area contributed by atoms with Crippen molar-refractivity contribution in [2.45, 2.75) is 26.9 Å². The van der Waals surface area contributed by atoms with E-state index in [4.69, 9.17) is 5.73 Å². The molecule has 0 fully saturated rings. The van der Waals surface area contributed by atoms with Gasteiger partial charge in [0.1, 0.15) is 5.82 Å². The number of fused-ring (bicyclic) bond motifs is 1. The molecule has 6 heteroatoms. The van der Waals surface area contributed by atoms with E-state index in [-0.39, 0.29) is 11.5 Å². The summed E-state index contributed by atoms with van der Waals surface area (Å²) in [4.78, 5) is 26.3. The summed E-state index contributed by atoms with van der Waals surface area (Å²) in [5.74, 6) is 0.544. The van der Waals surface area contributed by atoms with Gasteiger partial charge in [0.15, 0.2) is 0 Å². The molecular weight excluding hydrogens is 354 g/mol. The van der Waals surface area contributed by atoms with Gasteiger partial charge < -0.3 is 10.8 Å². The first-order valence-electron chi connectivity index (χ1n) is 9.26. The van der Waals surface area contributed by atoms with Crippen LogP contribution in [-0.2, 0) is 13.1 Å². The van der Waals surface area contributed by atoms with Gasteiger partial charge in [0, 0.05) is 31.1 Å². The van der Waals surface area contributed by atoms with Crippen LogP contribution in [0, 0.1) is 5.92 Å². The van der Waals surface area contributed by atoms with Crippen molar-refractivity contribution in [2.75, 3.05) is 11.9 Å². The van der Waals surface area contributed by atoms with Gasteiger partial charge in [0.2, 0.25) is 0 Å². The van der Waals surface area contributed by atoms with Crippen LogP contribution in [0.2, 0.25) is 0 Å². The average Bonchev–Trinajstić information content (AvgIpc) is 2.69. The first-order valence-corrected chi connectivity index (χ1v) is 9.26. The second-order valence-electron chi connectivity index (χ2n) is 7.30. The van der Waals surface area contributed by atoms with Crippen LogP contribution in [0.25, 0.3) is 21.9 Å². The quantitative estimate of drug-likeness (QED) is 0.704. The minimum Gasteiger partial charge on any atom is -0.465 e. The van der Waals surface area contributed by atoms with Crippen LogP contribution in [0.15, 0.2) is 53.3 Å². The Bertz CT molecular complexity index is 1070. The summed E-state index contributed by atoms with van der Waals surface area (Å²) in [6.07, 6.45) is -1.12. The van der Waals surface area contributed by atoms with E-state index >= 15 is 0 Å². The van der Waals surface area contributed by atoms with Gasteiger partial charge in [-0.1, -0.05) is 50.2 Å². The number of benzene rings is 2. The number of carbonyl (C=O) groups is 1. The topological polar surface area (TPSA) is 88.6 Å². The smallest absolute Gasteiger partial charge is 0.412 e. The predicted octanol–water partition coefficient (Wildman–Crippen LogP) is 3.90. The molecule has 1 amide bonds. The summed E-state index contributed by atoms with van der Waals surface area (Å²) < 4.78 is 1.57. The average molecular weight is 379 g/mol. The van der Waals surface area contributed by atoms with Gasteiger partial charge in [0.25, 0.3) is 5.56 Å². The third-order valence-electron chi connectivity index (χ3n) is 4.76. The van der Waals surface area contributed by atoms with Crippen molar-refractivity contribution < 1.29 is 9.90 Å². The number of anilines is 1. The van der Waals surface area contributed by atoms with Gasteiger partial charge in [-0.3, -0.25) is 14.3 Å². The molecular formula is C22H25N3O3. The van der Waals surface area contributed by atoms with Crippen LogP contribution in [0.1, 0.15) is 19.4 Å². The molecule has 3 rings (SSSR count). The summed E-state index contributed by atoms with van der Waals surface area (Å²) in [7, 11) is 1.47. The Morgan fingerprint density at radius 3 is 2.39 bits per heavy atom. The molecule has 1 heterocycles. The van der Waals surface area contributed by atoms with E-state index in [0.717, 1.165) is 21.6 Å². The highest BCUT2D eigenvalue weighted by Gasteiger charge is 2.24. The zero-order valence-electron chi connectivity index (χ0n) is 16.3. The number of aromatic nitrogens is 1.